The second kappa shape index (κ2) is 6.62. The van der Waals surface area contributed by atoms with Crippen LogP contribution in [0.2, 0.25) is 0 Å². The molecular formula is C21H15F3N6O2. The van der Waals surface area contributed by atoms with Gasteiger partial charge in [-0.3, -0.25) is 9.36 Å². The summed E-state index contributed by atoms with van der Waals surface area (Å²) in [6, 6.07) is 2.19. The maximum atomic E-state index is 14.1. The molecule has 6 rings (SSSR count). The molecule has 32 heavy (non-hydrogen) atoms. The van der Waals surface area contributed by atoms with Crippen molar-refractivity contribution in [3.05, 3.63) is 75.9 Å². The zero-order chi connectivity index (χ0) is 22.1. The zero-order valence-electron chi connectivity index (χ0n) is 16.7. The maximum Gasteiger partial charge on any atom is 0.280 e. The van der Waals surface area contributed by atoms with Gasteiger partial charge in [0.05, 0.1) is 6.33 Å². The van der Waals surface area contributed by atoms with Crippen LogP contribution in [0, 0.1) is 29.3 Å². The van der Waals surface area contributed by atoms with Crippen LogP contribution in [-0.4, -0.2) is 29.2 Å². The van der Waals surface area contributed by atoms with Crippen molar-refractivity contribution < 1.29 is 17.7 Å². The molecule has 162 valence electrons. The van der Waals surface area contributed by atoms with E-state index in [-0.39, 0.29) is 41.3 Å². The van der Waals surface area contributed by atoms with E-state index in [1.54, 1.807) is 11.6 Å². The third-order valence-corrected chi connectivity index (χ3v) is 6.25. The molecule has 0 radical (unpaired) electrons. The molecule has 4 aromatic rings. The molecular weight excluding hydrogens is 425 g/mol. The first-order chi connectivity index (χ1) is 15.4. The van der Waals surface area contributed by atoms with Crippen LogP contribution < -0.4 is 5.56 Å². The van der Waals surface area contributed by atoms with E-state index in [2.05, 4.69) is 20.1 Å². The fraction of sp³-hybridized carbons (Fsp3) is 0.286. The fourth-order valence-corrected chi connectivity index (χ4v) is 4.58. The molecule has 0 saturated heterocycles. The number of aryl methyl sites for hydroxylation is 1. The molecule has 3 aromatic heterocycles. The Morgan fingerprint density at radius 2 is 1.97 bits per heavy atom. The lowest BCUT2D eigenvalue weighted by molar-refractivity contribution is 0.364. The van der Waals surface area contributed by atoms with Gasteiger partial charge >= 0.3 is 0 Å². The molecule has 1 saturated carbocycles. The largest absolute Gasteiger partial charge is 0.337 e. The van der Waals surface area contributed by atoms with E-state index in [0.717, 1.165) is 6.07 Å². The Labute approximate surface area is 178 Å². The minimum Gasteiger partial charge on any atom is -0.337 e. The Bertz CT molecular complexity index is 1490. The van der Waals surface area contributed by atoms with Crippen LogP contribution in [0.25, 0.3) is 16.7 Å². The van der Waals surface area contributed by atoms with E-state index in [1.807, 2.05) is 6.08 Å². The Morgan fingerprint density at radius 3 is 2.75 bits per heavy atom. The molecule has 0 N–H and O–H groups in total. The van der Waals surface area contributed by atoms with Gasteiger partial charge < -0.3 is 9.09 Å². The number of imidazole rings is 1. The molecule has 3 heterocycles. The van der Waals surface area contributed by atoms with Gasteiger partial charge in [0.15, 0.2) is 34.4 Å². The SMILES string of the molecule is Cn1cnc2ncn(Cc3nc(C4C5C=C(c6ccc(F)c(F)c6F)CC54)no3)c(=O)c21. The number of halogens is 3. The van der Waals surface area contributed by atoms with E-state index >= 15 is 0 Å². The molecule has 3 atom stereocenters. The van der Waals surface area contributed by atoms with Gasteiger partial charge in [0.25, 0.3) is 5.56 Å². The van der Waals surface area contributed by atoms with Crippen LogP contribution in [0.3, 0.4) is 0 Å². The van der Waals surface area contributed by atoms with Crippen molar-refractivity contribution in [3.63, 3.8) is 0 Å². The average molecular weight is 440 g/mol. The third kappa shape index (κ3) is 2.73. The summed E-state index contributed by atoms with van der Waals surface area (Å²) in [6.45, 7) is 0.0726. The summed E-state index contributed by atoms with van der Waals surface area (Å²) in [6.07, 6.45) is 5.29. The molecule has 1 fully saturated rings. The summed E-state index contributed by atoms with van der Waals surface area (Å²) in [5, 5.41) is 4.05. The zero-order valence-corrected chi connectivity index (χ0v) is 16.7. The van der Waals surface area contributed by atoms with Crippen molar-refractivity contribution in [3.8, 4) is 0 Å². The van der Waals surface area contributed by atoms with Crippen LogP contribution in [-0.2, 0) is 13.6 Å². The van der Waals surface area contributed by atoms with Gasteiger partial charge in [-0.05, 0) is 36.0 Å². The van der Waals surface area contributed by atoms with Crippen molar-refractivity contribution >= 4 is 16.7 Å². The standard InChI is InChI=1S/C21H15F3N6O2/c1-29-7-25-20-18(29)21(31)30(8-26-20)6-14-27-19(28-32-14)15-11-4-9(5-12(11)15)10-2-3-13(22)17(24)16(10)23/h2-4,7-8,11-12,15H,5-6H2,1H3. The molecule has 2 aliphatic carbocycles. The molecule has 0 aliphatic heterocycles. The van der Waals surface area contributed by atoms with E-state index in [4.69, 9.17) is 4.52 Å². The highest BCUT2D eigenvalue weighted by molar-refractivity contribution is 5.71. The van der Waals surface area contributed by atoms with E-state index in [0.29, 0.717) is 29.0 Å². The molecule has 8 nitrogen and oxygen atoms in total. The summed E-state index contributed by atoms with van der Waals surface area (Å²) in [5.74, 6) is -2.80. The van der Waals surface area contributed by atoms with Crippen LogP contribution in [0.1, 0.15) is 29.6 Å². The minimum absolute atomic E-state index is 0.0130. The van der Waals surface area contributed by atoms with E-state index < -0.39 is 17.5 Å². The summed E-state index contributed by atoms with van der Waals surface area (Å²) in [5.41, 5.74) is 1.22. The van der Waals surface area contributed by atoms with Crippen molar-refractivity contribution in [1.29, 1.82) is 0 Å². The summed E-state index contributed by atoms with van der Waals surface area (Å²) in [7, 11) is 1.72. The van der Waals surface area contributed by atoms with Crippen LogP contribution >= 0.6 is 0 Å². The van der Waals surface area contributed by atoms with Crippen molar-refractivity contribution in [2.75, 3.05) is 0 Å². The molecule has 3 unspecified atom stereocenters. The predicted molar refractivity (Wildman–Crippen MR) is 105 cm³/mol. The van der Waals surface area contributed by atoms with Crippen molar-refractivity contribution in [2.24, 2.45) is 18.9 Å². The normalized spacial score (nSPS) is 21.8. The topological polar surface area (TPSA) is 91.6 Å². The Balaban J connectivity index is 1.21. The quantitative estimate of drug-likeness (QED) is 0.453. The number of hydrogen-bond donors (Lipinski definition) is 0. The Morgan fingerprint density at radius 1 is 1.16 bits per heavy atom. The number of fused-ring (bicyclic) bond motifs is 2. The minimum atomic E-state index is -1.46. The van der Waals surface area contributed by atoms with Crippen LogP contribution in [0.15, 0.2) is 40.2 Å². The lowest BCUT2D eigenvalue weighted by Gasteiger charge is -2.08. The van der Waals surface area contributed by atoms with Gasteiger partial charge in [-0.15, -0.1) is 0 Å². The number of hydrogen-bond acceptors (Lipinski definition) is 6. The maximum absolute atomic E-state index is 14.1. The highest BCUT2D eigenvalue weighted by Crippen LogP contribution is 2.62. The van der Waals surface area contributed by atoms with Crippen molar-refractivity contribution in [1.82, 2.24) is 29.2 Å². The average Bonchev–Trinajstić information content (AvgIpc) is 3.19. The Hall–Kier alpha value is -3.76. The molecule has 1 aromatic carbocycles. The van der Waals surface area contributed by atoms with Crippen LogP contribution in [0.5, 0.6) is 0 Å². The van der Waals surface area contributed by atoms with Gasteiger partial charge in [0.2, 0.25) is 5.89 Å². The molecule has 2 aliphatic rings. The first kappa shape index (κ1) is 19.0. The number of benzene rings is 1. The summed E-state index contributed by atoms with van der Waals surface area (Å²) >= 11 is 0. The van der Waals surface area contributed by atoms with E-state index in [1.165, 1.54) is 23.3 Å². The predicted octanol–water partition coefficient (Wildman–Crippen LogP) is 2.80. The lowest BCUT2D eigenvalue weighted by atomic mass is 10.00. The summed E-state index contributed by atoms with van der Waals surface area (Å²) in [4.78, 5) is 25.3. The molecule has 11 heteroatoms. The first-order valence-corrected chi connectivity index (χ1v) is 9.96. The molecule has 0 bridgehead atoms. The number of nitrogens with zero attached hydrogens (tertiary/aromatic N) is 6. The van der Waals surface area contributed by atoms with Gasteiger partial charge in [-0.2, -0.15) is 4.98 Å². The number of rotatable bonds is 4. The fourth-order valence-electron chi connectivity index (χ4n) is 4.58. The smallest absolute Gasteiger partial charge is 0.280 e. The number of allylic oxidation sites excluding steroid dienone is 2. The highest BCUT2D eigenvalue weighted by Gasteiger charge is 2.55. The third-order valence-electron chi connectivity index (χ3n) is 6.25. The van der Waals surface area contributed by atoms with Gasteiger partial charge in [0.1, 0.15) is 12.9 Å². The Kier molecular flexibility index (Phi) is 3.92. The second-order valence-electron chi connectivity index (χ2n) is 8.14. The molecule has 0 spiro atoms. The molecule has 0 amide bonds. The highest BCUT2D eigenvalue weighted by atomic mass is 19.2. The monoisotopic (exact) mass is 440 g/mol. The van der Waals surface area contributed by atoms with E-state index in [9.17, 15) is 18.0 Å². The van der Waals surface area contributed by atoms with Gasteiger partial charge in [-0.25, -0.2) is 23.1 Å². The van der Waals surface area contributed by atoms with Crippen LogP contribution in [0.4, 0.5) is 13.2 Å². The van der Waals surface area contributed by atoms with Gasteiger partial charge in [0, 0.05) is 18.5 Å². The summed E-state index contributed by atoms with van der Waals surface area (Å²) < 4.78 is 49.1. The second-order valence-corrected chi connectivity index (χ2v) is 8.14. The van der Waals surface area contributed by atoms with Crippen molar-refractivity contribution in [2.45, 2.75) is 18.9 Å². The first-order valence-electron chi connectivity index (χ1n) is 9.96. The lowest BCUT2D eigenvalue weighted by Crippen LogP contribution is -2.22. The van der Waals surface area contributed by atoms with Gasteiger partial charge in [-0.1, -0.05) is 11.2 Å². The number of aromatic nitrogens is 6.